The minimum Gasteiger partial charge on any atom is -0.612 e. The first-order valence-corrected chi connectivity index (χ1v) is 7.80. The predicted molar refractivity (Wildman–Crippen MR) is 75.0 cm³/mol. The standard InChI is InChI=1S/C13H15FN2O4S/c1-8(17)15-6-10-7-16(13(18)20-10)9-3-4-12(21(2)19)11(14)5-9/h3-5,10H,6-7H2,1-2H3,(H,15,17)/t10-,21?/m0/s1. The molecule has 1 aromatic rings. The van der Waals surface area contributed by atoms with Gasteiger partial charge in [0.1, 0.15) is 12.4 Å². The van der Waals surface area contributed by atoms with Crippen molar-refractivity contribution in [3.63, 3.8) is 0 Å². The summed E-state index contributed by atoms with van der Waals surface area (Å²) in [7, 11) is 0. The third kappa shape index (κ3) is 3.64. The van der Waals surface area contributed by atoms with E-state index in [4.69, 9.17) is 4.74 Å². The zero-order valence-electron chi connectivity index (χ0n) is 11.6. The van der Waals surface area contributed by atoms with Gasteiger partial charge in [0.2, 0.25) is 5.91 Å². The maximum atomic E-state index is 13.8. The van der Waals surface area contributed by atoms with E-state index in [0.717, 1.165) is 6.07 Å². The van der Waals surface area contributed by atoms with Gasteiger partial charge in [-0.25, -0.2) is 9.18 Å². The highest BCUT2D eigenvalue weighted by Crippen LogP contribution is 2.25. The summed E-state index contributed by atoms with van der Waals surface area (Å²) >= 11 is -1.43. The SMILES string of the molecule is CC(=O)NC[C@H]1CN(c2ccc([S+](C)[O-])c(F)c2)C(=O)O1. The van der Waals surface area contributed by atoms with E-state index in [-0.39, 0.29) is 23.9 Å². The lowest BCUT2D eigenvalue weighted by atomic mass is 10.2. The monoisotopic (exact) mass is 314 g/mol. The van der Waals surface area contributed by atoms with Crippen molar-refractivity contribution in [2.45, 2.75) is 17.9 Å². The molecule has 21 heavy (non-hydrogen) atoms. The van der Waals surface area contributed by atoms with Crippen LogP contribution in [0, 0.1) is 5.82 Å². The lowest BCUT2D eigenvalue weighted by Gasteiger charge is -2.14. The number of hydrogen-bond acceptors (Lipinski definition) is 4. The molecule has 0 saturated carbocycles. The topological polar surface area (TPSA) is 81.7 Å². The van der Waals surface area contributed by atoms with E-state index < -0.39 is 29.2 Å². The van der Waals surface area contributed by atoms with Crippen LogP contribution < -0.4 is 10.2 Å². The molecule has 1 aliphatic heterocycles. The van der Waals surface area contributed by atoms with Gasteiger partial charge in [-0.3, -0.25) is 9.69 Å². The Hall–Kier alpha value is -1.80. The maximum absolute atomic E-state index is 13.8. The summed E-state index contributed by atoms with van der Waals surface area (Å²) in [6.45, 7) is 1.79. The smallest absolute Gasteiger partial charge is 0.414 e. The normalized spacial score (nSPS) is 19.3. The van der Waals surface area contributed by atoms with Gasteiger partial charge in [0.15, 0.2) is 10.7 Å². The number of cyclic esters (lactones) is 1. The van der Waals surface area contributed by atoms with Crippen LogP contribution in [0.5, 0.6) is 0 Å². The second kappa shape index (κ2) is 6.31. The summed E-state index contributed by atoms with van der Waals surface area (Å²) in [5.74, 6) is -0.850. The van der Waals surface area contributed by atoms with Gasteiger partial charge >= 0.3 is 6.09 Å². The summed E-state index contributed by atoms with van der Waals surface area (Å²) in [6, 6.07) is 4.05. The van der Waals surface area contributed by atoms with Crippen molar-refractivity contribution < 1.29 is 23.3 Å². The number of rotatable bonds is 4. The van der Waals surface area contributed by atoms with Gasteiger partial charge in [0, 0.05) is 13.0 Å². The molecule has 1 aromatic carbocycles. The van der Waals surface area contributed by atoms with Crippen LogP contribution >= 0.6 is 0 Å². The fourth-order valence-electron chi connectivity index (χ4n) is 1.99. The molecule has 0 aromatic heterocycles. The lowest BCUT2D eigenvalue weighted by Crippen LogP contribution is -2.33. The molecule has 1 N–H and O–H groups in total. The van der Waals surface area contributed by atoms with Crippen LogP contribution in [-0.2, 0) is 20.7 Å². The molecule has 114 valence electrons. The molecule has 1 heterocycles. The number of carbonyl (C=O) groups excluding carboxylic acids is 2. The Kier molecular flexibility index (Phi) is 4.69. The van der Waals surface area contributed by atoms with Crippen LogP contribution in [-0.4, -0.2) is 42.0 Å². The molecule has 1 saturated heterocycles. The third-order valence-electron chi connectivity index (χ3n) is 2.99. The number of ether oxygens (including phenoxy) is 1. The number of hydrogen-bond donors (Lipinski definition) is 1. The Morgan fingerprint density at radius 2 is 2.33 bits per heavy atom. The van der Waals surface area contributed by atoms with Crippen molar-refractivity contribution in [3.8, 4) is 0 Å². The van der Waals surface area contributed by atoms with Crippen LogP contribution in [0.25, 0.3) is 0 Å². The number of anilines is 1. The first-order valence-electron chi connectivity index (χ1n) is 6.24. The van der Waals surface area contributed by atoms with E-state index in [1.54, 1.807) is 0 Å². The van der Waals surface area contributed by atoms with E-state index in [2.05, 4.69) is 5.32 Å². The summed E-state index contributed by atoms with van der Waals surface area (Å²) in [5, 5.41) is 2.56. The molecule has 2 atom stereocenters. The van der Waals surface area contributed by atoms with Gasteiger partial charge in [-0.1, -0.05) is 0 Å². The van der Waals surface area contributed by atoms with Crippen LogP contribution in [0.4, 0.5) is 14.9 Å². The molecule has 1 fully saturated rings. The van der Waals surface area contributed by atoms with Gasteiger partial charge in [0.25, 0.3) is 0 Å². The van der Waals surface area contributed by atoms with Crippen LogP contribution in [0.3, 0.4) is 0 Å². The predicted octanol–water partition coefficient (Wildman–Crippen LogP) is 1.02. The number of carbonyl (C=O) groups is 2. The largest absolute Gasteiger partial charge is 0.612 e. The van der Waals surface area contributed by atoms with E-state index in [9.17, 15) is 18.5 Å². The number of benzene rings is 1. The van der Waals surface area contributed by atoms with Crippen LogP contribution in [0.15, 0.2) is 23.1 Å². The molecule has 0 radical (unpaired) electrons. The molecule has 8 heteroatoms. The van der Waals surface area contributed by atoms with E-state index >= 15 is 0 Å². The highest BCUT2D eigenvalue weighted by Gasteiger charge is 2.33. The number of nitrogens with one attached hydrogen (secondary N) is 1. The molecular weight excluding hydrogens is 299 g/mol. The van der Waals surface area contributed by atoms with E-state index in [1.165, 1.54) is 30.2 Å². The van der Waals surface area contributed by atoms with Crippen molar-refractivity contribution in [3.05, 3.63) is 24.0 Å². The minimum absolute atomic E-state index is 0.0844. The molecule has 1 unspecified atom stereocenters. The molecule has 0 spiro atoms. The van der Waals surface area contributed by atoms with Gasteiger partial charge < -0.3 is 14.6 Å². The molecular formula is C13H15FN2O4S. The van der Waals surface area contributed by atoms with E-state index in [1.807, 2.05) is 0 Å². The average Bonchev–Trinajstić information content (AvgIpc) is 2.77. The summed E-state index contributed by atoms with van der Waals surface area (Å²) in [4.78, 5) is 24.0. The molecule has 0 aliphatic carbocycles. The first kappa shape index (κ1) is 15.6. The average molecular weight is 314 g/mol. The van der Waals surface area contributed by atoms with Crippen molar-refractivity contribution in [2.75, 3.05) is 24.2 Å². The molecule has 2 rings (SSSR count). The van der Waals surface area contributed by atoms with Crippen molar-refractivity contribution >= 4 is 28.9 Å². The Bertz CT molecular complexity index is 567. The van der Waals surface area contributed by atoms with Gasteiger partial charge in [-0.2, -0.15) is 0 Å². The Labute approximate surface area is 124 Å². The summed E-state index contributed by atoms with van der Waals surface area (Å²) < 4.78 is 30.2. The maximum Gasteiger partial charge on any atom is 0.414 e. The highest BCUT2D eigenvalue weighted by molar-refractivity contribution is 7.90. The molecule has 6 nitrogen and oxygen atoms in total. The number of halogens is 1. The van der Waals surface area contributed by atoms with E-state index in [0.29, 0.717) is 5.69 Å². The van der Waals surface area contributed by atoms with Gasteiger partial charge in [0.05, 0.1) is 18.8 Å². The van der Waals surface area contributed by atoms with Crippen molar-refractivity contribution in [1.82, 2.24) is 5.32 Å². The van der Waals surface area contributed by atoms with Gasteiger partial charge in [-0.15, -0.1) is 0 Å². The summed E-state index contributed by atoms with van der Waals surface area (Å²) in [5.41, 5.74) is 0.331. The first-order chi connectivity index (χ1) is 9.88. The minimum atomic E-state index is -1.43. The third-order valence-corrected chi connectivity index (χ3v) is 3.94. The number of amides is 2. The lowest BCUT2D eigenvalue weighted by molar-refractivity contribution is -0.119. The fraction of sp³-hybridized carbons (Fsp3) is 0.385. The van der Waals surface area contributed by atoms with Crippen LogP contribution in [0.1, 0.15) is 6.92 Å². The Morgan fingerprint density at radius 1 is 1.62 bits per heavy atom. The molecule has 1 aliphatic rings. The zero-order valence-corrected chi connectivity index (χ0v) is 12.4. The Morgan fingerprint density at radius 3 is 2.90 bits per heavy atom. The second-order valence-electron chi connectivity index (χ2n) is 4.62. The highest BCUT2D eigenvalue weighted by atomic mass is 32.2. The molecule has 2 amide bonds. The molecule has 0 bridgehead atoms. The number of nitrogens with zero attached hydrogens (tertiary/aromatic N) is 1. The van der Waals surface area contributed by atoms with Gasteiger partial charge in [-0.05, 0) is 23.3 Å². The quantitative estimate of drug-likeness (QED) is 0.841. The van der Waals surface area contributed by atoms with Crippen molar-refractivity contribution in [2.24, 2.45) is 0 Å². The second-order valence-corrected chi connectivity index (χ2v) is 5.97. The fourth-order valence-corrected chi connectivity index (χ4v) is 2.58. The van der Waals surface area contributed by atoms with Crippen molar-refractivity contribution in [1.29, 1.82) is 0 Å². The zero-order chi connectivity index (χ0) is 15.6. The Balaban J connectivity index is 2.10. The summed E-state index contributed by atoms with van der Waals surface area (Å²) in [6.07, 6.45) is 0.297. The van der Waals surface area contributed by atoms with Crippen LogP contribution in [0.2, 0.25) is 0 Å².